The first kappa shape index (κ1) is 20.4. The molecule has 1 aliphatic heterocycles. The largest absolute Gasteiger partial charge is 0.359 e. The Bertz CT molecular complexity index is 344. The molecule has 3 N–H and O–H groups in total. The zero-order valence-electron chi connectivity index (χ0n) is 16.8. The van der Waals surface area contributed by atoms with Gasteiger partial charge in [-0.15, -0.1) is 0 Å². The minimum absolute atomic E-state index is 0.209. The van der Waals surface area contributed by atoms with Crippen LogP contribution in [0, 0.1) is 0 Å². The maximum absolute atomic E-state index is 4.19. The van der Waals surface area contributed by atoms with Gasteiger partial charge in [-0.05, 0) is 60.1 Å². The van der Waals surface area contributed by atoms with Crippen molar-refractivity contribution in [3.05, 3.63) is 0 Å². The molecule has 2 atom stereocenters. The van der Waals surface area contributed by atoms with E-state index in [9.17, 15) is 0 Å². The van der Waals surface area contributed by atoms with Crippen LogP contribution in [0.3, 0.4) is 0 Å². The van der Waals surface area contributed by atoms with Crippen molar-refractivity contribution in [2.75, 3.05) is 0 Å². The molecule has 0 saturated carbocycles. The van der Waals surface area contributed by atoms with E-state index in [4.69, 9.17) is 0 Å². The van der Waals surface area contributed by atoms with Crippen LogP contribution in [0.1, 0.15) is 48.0 Å². The summed E-state index contributed by atoms with van der Waals surface area (Å²) in [6.07, 6.45) is 1.18. The molecule has 132 valence electrons. The van der Waals surface area contributed by atoms with Crippen LogP contribution in [0.15, 0.2) is 0 Å². The standard InChI is InChI=1S/C17H41N3Si2/c1-14-11-15(2)19-17(5,6)13-22(9,10)20-21(7,8)12-16(3,4)18-14/h14-15,18-20H,11-13H2,1-10H3. The highest BCUT2D eigenvalue weighted by Gasteiger charge is 2.39. The molecule has 0 aromatic carbocycles. The van der Waals surface area contributed by atoms with E-state index in [1.54, 1.807) is 0 Å². The number of nitrogens with one attached hydrogen (secondary N) is 3. The van der Waals surface area contributed by atoms with Crippen LogP contribution in [0.4, 0.5) is 0 Å². The van der Waals surface area contributed by atoms with Crippen LogP contribution >= 0.6 is 0 Å². The zero-order valence-corrected chi connectivity index (χ0v) is 18.8. The van der Waals surface area contributed by atoms with Crippen LogP contribution < -0.4 is 15.3 Å². The van der Waals surface area contributed by atoms with E-state index in [1.165, 1.54) is 18.5 Å². The predicted octanol–water partition coefficient (Wildman–Crippen LogP) is 3.90. The van der Waals surface area contributed by atoms with E-state index >= 15 is 0 Å². The first-order chi connectivity index (χ1) is 9.62. The number of hydrogen-bond donors (Lipinski definition) is 3. The fourth-order valence-corrected chi connectivity index (χ4v) is 18.0. The highest BCUT2D eigenvalue weighted by atomic mass is 28.4. The van der Waals surface area contributed by atoms with Gasteiger partial charge >= 0.3 is 0 Å². The molecule has 0 aliphatic carbocycles. The Kier molecular flexibility index (Phi) is 6.17. The summed E-state index contributed by atoms with van der Waals surface area (Å²) in [6, 6.07) is 3.65. The minimum Gasteiger partial charge on any atom is -0.359 e. The first-order valence-electron chi connectivity index (χ1n) is 8.96. The van der Waals surface area contributed by atoms with Crippen molar-refractivity contribution < 1.29 is 0 Å². The summed E-state index contributed by atoms with van der Waals surface area (Å²) in [4.78, 5) is 0. The maximum atomic E-state index is 4.19. The zero-order chi connectivity index (χ0) is 17.4. The second-order valence-electron chi connectivity index (χ2n) is 10.3. The van der Waals surface area contributed by atoms with E-state index in [0.717, 1.165) is 0 Å². The summed E-state index contributed by atoms with van der Waals surface area (Å²) in [7, 11) is -2.85. The summed E-state index contributed by atoms with van der Waals surface area (Å²) in [5.41, 5.74) is 0.419. The van der Waals surface area contributed by atoms with Crippen LogP contribution in [-0.2, 0) is 0 Å². The van der Waals surface area contributed by atoms with Crippen molar-refractivity contribution in [2.24, 2.45) is 0 Å². The van der Waals surface area contributed by atoms with Gasteiger partial charge in [0.05, 0.1) is 0 Å². The summed E-state index contributed by atoms with van der Waals surface area (Å²) in [5.74, 6) is 0. The fraction of sp³-hybridized carbons (Fsp3) is 1.00. The summed E-state index contributed by atoms with van der Waals surface area (Å²) in [6.45, 7) is 24.2. The van der Waals surface area contributed by atoms with Gasteiger partial charge in [-0.1, -0.05) is 26.2 Å². The van der Waals surface area contributed by atoms with E-state index in [0.29, 0.717) is 12.1 Å². The highest BCUT2D eigenvalue weighted by molar-refractivity contribution is 6.91. The third kappa shape index (κ3) is 7.26. The van der Waals surface area contributed by atoms with E-state index in [2.05, 4.69) is 83.0 Å². The molecule has 22 heavy (non-hydrogen) atoms. The van der Waals surface area contributed by atoms with Crippen molar-refractivity contribution in [3.8, 4) is 0 Å². The second kappa shape index (κ2) is 6.67. The molecule has 1 aliphatic rings. The van der Waals surface area contributed by atoms with Crippen molar-refractivity contribution in [3.63, 3.8) is 0 Å². The lowest BCUT2D eigenvalue weighted by Gasteiger charge is -2.45. The Labute approximate surface area is 141 Å². The molecule has 0 bridgehead atoms. The van der Waals surface area contributed by atoms with E-state index in [1.807, 2.05) is 0 Å². The fourth-order valence-electron chi connectivity index (χ4n) is 5.30. The molecule has 5 heteroatoms. The molecule has 0 amide bonds. The van der Waals surface area contributed by atoms with Crippen molar-refractivity contribution in [2.45, 2.75) is 109 Å². The molecule has 1 rings (SSSR count). The molecular weight excluding hydrogens is 302 g/mol. The lowest BCUT2D eigenvalue weighted by atomic mass is 10.0. The Morgan fingerprint density at radius 2 is 1.05 bits per heavy atom. The molecule has 0 aromatic rings. The van der Waals surface area contributed by atoms with E-state index in [-0.39, 0.29) is 11.1 Å². The topological polar surface area (TPSA) is 36.1 Å². The average molecular weight is 344 g/mol. The molecule has 3 nitrogen and oxygen atoms in total. The molecule has 0 spiro atoms. The van der Waals surface area contributed by atoms with Gasteiger partial charge in [0.15, 0.2) is 0 Å². The van der Waals surface area contributed by atoms with Gasteiger partial charge in [0.1, 0.15) is 16.5 Å². The van der Waals surface area contributed by atoms with E-state index < -0.39 is 16.5 Å². The quantitative estimate of drug-likeness (QED) is 0.584. The summed E-state index contributed by atoms with van der Waals surface area (Å²) < 4.78 is 4.19. The van der Waals surface area contributed by atoms with Gasteiger partial charge in [0.2, 0.25) is 0 Å². The predicted molar refractivity (Wildman–Crippen MR) is 106 cm³/mol. The third-order valence-corrected chi connectivity index (χ3v) is 13.4. The van der Waals surface area contributed by atoms with Gasteiger partial charge in [0.25, 0.3) is 0 Å². The van der Waals surface area contributed by atoms with Crippen LogP contribution in [0.5, 0.6) is 0 Å². The van der Waals surface area contributed by atoms with Gasteiger partial charge in [-0.2, -0.15) is 0 Å². The van der Waals surface area contributed by atoms with Crippen LogP contribution in [0.2, 0.25) is 38.3 Å². The van der Waals surface area contributed by atoms with Gasteiger partial charge in [-0.25, -0.2) is 0 Å². The third-order valence-electron chi connectivity index (χ3n) is 4.43. The van der Waals surface area contributed by atoms with Gasteiger partial charge in [-0.3, -0.25) is 0 Å². The highest BCUT2D eigenvalue weighted by Crippen LogP contribution is 2.26. The van der Waals surface area contributed by atoms with Crippen molar-refractivity contribution in [1.82, 2.24) is 15.3 Å². The molecule has 1 fully saturated rings. The van der Waals surface area contributed by atoms with Gasteiger partial charge in [0, 0.05) is 23.2 Å². The lowest BCUT2D eigenvalue weighted by Crippen LogP contribution is -2.66. The number of rotatable bonds is 0. The maximum Gasteiger partial charge on any atom is 0.114 e. The monoisotopic (exact) mass is 343 g/mol. The Balaban J connectivity index is 3.04. The second-order valence-corrected chi connectivity index (χ2v) is 19.6. The van der Waals surface area contributed by atoms with Gasteiger partial charge < -0.3 is 15.3 Å². The summed E-state index contributed by atoms with van der Waals surface area (Å²) >= 11 is 0. The summed E-state index contributed by atoms with van der Waals surface area (Å²) in [5, 5.41) is 7.77. The normalized spacial score (nSPS) is 35.2. The first-order valence-corrected chi connectivity index (χ1v) is 15.4. The molecule has 2 unspecified atom stereocenters. The SMILES string of the molecule is CC1CC(C)NC(C)(C)C[Si](C)(C)N[Si](C)(C)CC(C)(C)N1. The Morgan fingerprint density at radius 1 is 0.727 bits per heavy atom. The molecule has 0 aromatic heterocycles. The molecule has 1 saturated heterocycles. The van der Waals surface area contributed by atoms with Crippen LogP contribution in [-0.4, -0.2) is 39.6 Å². The Morgan fingerprint density at radius 3 is 1.36 bits per heavy atom. The number of hydrogen-bond acceptors (Lipinski definition) is 3. The molecule has 1 heterocycles. The molecular formula is C17H41N3Si2. The lowest BCUT2D eigenvalue weighted by molar-refractivity contribution is 0.298. The van der Waals surface area contributed by atoms with Crippen LogP contribution in [0.25, 0.3) is 0 Å². The molecule has 0 radical (unpaired) electrons. The average Bonchev–Trinajstić information content (AvgIpc) is 2.03. The smallest absolute Gasteiger partial charge is 0.114 e. The minimum atomic E-state index is -1.42. The van der Waals surface area contributed by atoms with Crippen molar-refractivity contribution >= 4 is 16.5 Å². The van der Waals surface area contributed by atoms with Crippen molar-refractivity contribution in [1.29, 1.82) is 0 Å². The Hall–Kier alpha value is 0.314.